The number of alkyl halides is 2. The monoisotopic (exact) mass is 409 g/mol. The van der Waals surface area contributed by atoms with Crippen molar-refractivity contribution in [3.63, 3.8) is 0 Å². The third-order valence-corrected chi connectivity index (χ3v) is 3.65. The number of hydrogen-bond donors (Lipinski definition) is 1. The van der Waals surface area contributed by atoms with Crippen molar-refractivity contribution in [1.29, 1.82) is 0 Å². The van der Waals surface area contributed by atoms with Gasteiger partial charge in [-0.25, -0.2) is 4.79 Å². The molecule has 2 rings (SSSR count). The van der Waals surface area contributed by atoms with Gasteiger partial charge in [-0.15, -0.1) is 0 Å². The normalized spacial score (nSPS) is 10.4. The molecule has 29 heavy (non-hydrogen) atoms. The molecule has 0 radical (unpaired) electrons. The lowest BCUT2D eigenvalue weighted by Gasteiger charge is -2.12. The molecule has 0 heterocycles. The summed E-state index contributed by atoms with van der Waals surface area (Å²) in [7, 11) is 1.32. The molecule has 0 aliphatic rings. The van der Waals surface area contributed by atoms with Crippen molar-refractivity contribution in [2.45, 2.75) is 20.1 Å². The van der Waals surface area contributed by atoms with Crippen LogP contribution in [0.1, 0.15) is 22.8 Å². The number of carbonyl (C=O) groups is 2. The fraction of sp³-hybridized carbons (Fsp3) is 0.300. The van der Waals surface area contributed by atoms with Crippen molar-refractivity contribution in [2.24, 2.45) is 0 Å². The fourth-order valence-electron chi connectivity index (χ4n) is 2.31. The van der Waals surface area contributed by atoms with Crippen LogP contribution in [0.15, 0.2) is 42.5 Å². The van der Waals surface area contributed by atoms with Crippen molar-refractivity contribution < 1.29 is 37.3 Å². The predicted octanol–water partition coefficient (Wildman–Crippen LogP) is 3.17. The maximum atomic E-state index is 12.4. The van der Waals surface area contributed by atoms with Gasteiger partial charge < -0.3 is 24.3 Å². The Hall–Kier alpha value is -3.36. The topological polar surface area (TPSA) is 83.1 Å². The first-order valence-electron chi connectivity index (χ1n) is 8.71. The minimum Gasteiger partial charge on any atom is -0.493 e. The number of amides is 1. The Bertz CT molecular complexity index is 826. The summed E-state index contributed by atoms with van der Waals surface area (Å²) in [5.74, 6) is -0.385. The van der Waals surface area contributed by atoms with Crippen LogP contribution in [-0.2, 0) is 16.1 Å². The molecule has 2 aromatic carbocycles. The molecule has 2 aromatic rings. The largest absolute Gasteiger partial charge is 0.493 e. The maximum absolute atomic E-state index is 12.4. The number of methoxy groups -OCH3 is 1. The van der Waals surface area contributed by atoms with Crippen LogP contribution in [-0.4, -0.2) is 38.7 Å². The molecule has 156 valence electrons. The Morgan fingerprint density at radius 1 is 1.07 bits per heavy atom. The number of esters is 1. The summed E-state index contributed by atoms with van der Waals surface area (Å²) >= 11 is 0. The lowest BCUT2D eigenvalue weighted by atomic mass is 10.2. The molecule has 0 saturated heterocycles. The number of hydrogen-bond acceptors (Lipinski definition) is 6. The number of halogens is 2. The summed E-state index contributed by atoms with van der Waals surface area (Å²) < 4.78 is 44.6. The molecule has 0 aliphatic carbocycles. The Morgan fingerprint density at radius 3 is 2.41 bits per heavy atom. The molecule has 0 spiro atoms. The molecule has 7 nitrogen and oxygen atoms in total. The van der Waals surface area contributed by atoms with Crippen LogP contribution in [0, 0.1) is 0 Å². The van der Waals surface area contributed by atoms with E-state index in [1.807, 2.05) is 0 Å². The number of carbonyl (C=O) groups excluding carboxylic acids is 2. The average molecular weight is 409 g/mol. The van der Waals surface area contributed by atoms with E-state index in [1.165, 1.54) is 37.4 Å². The lowest BCUT2D eigenvalue weighted by molar-refractivity contribution is -0.122. The van der Waals surface area contributed by atoms with Gasteiger partial charge in [-0.3, -0.25) is 4.79 Å². The zero-order valence-corrected chi connectivity index (χ0v) is 15.9. The molecule has 9 heteroatoms. The summed E-state index contributed by atoms with van der Waals surface area (Å²) in [5, 5.41) is 2.61. The Kier molecular flexibility index (Phi) is 8.20. The molecular formula is C20H21F2NO6. The average Bonchev–Trinajstić information content (AvgIpc) is 2.71. The second-order valence-corrected chi connectivity index (χ2v) is 5.71. The van der Waals surface area contributed by atoms with Crippen LogP contribution in [0.25, 0.3) is 0 Å². The number of rotatable bonds is 10. The summed E-state index contributed by atoms with van der Waals surface area (Å²) in [4.78, 5) is 23.5. The molecule has 0 aromatic heterocycles. The third kappa shape index (κ3) is 6.95. The van der Waals surface area contributed by atoms with Gasteiger partial charge in [0.1, 0.15) is 12.4 Å². The van der Waals surface area contributed by atoms with Gasteiger partial charge in [-0.2, -0.15) is 8.78 Å². The van der Waals surface area contributed by atoms with E-state index in [9.17, 15) is 18.4 Å². The van der Waals surface area contributed by atoms with Gasteiger partial charge in [0.05, 0.1) is 12.7 Å². The van der Waals surface area contributed by atoms with E-state index in [2.05, 4.69) is 10.1 Å². The van der Waals surface area contributed by atoms with Gasteiger partial charge in [0.2, 0.25) is 0 Å². The zero-order chi connectivity index (χ0) is 21.2. The third-order valence-electron chi connectivity index (χ3n) is 3.65. The van der Waals surface area contributed by atoms with Crippen molar-refractivity contribution in [3.05, 3.63) is 53.6 Å². The lowest BCUT2D eigenvalue weighted by Crippen LogP contribution is -2.28. The van der Waals surface area contributed by atoms with Crippen molar-refractivity contribution in [1.82, 2.24) is 5.32 Å². The fourth-order valence-corrected chi connectivity index (χ4v) is 2.31. The molecule has 0 unspecified atom stereocenters. The van der Waals surface area contributed by atoms with Gasteiger partial charge >= 0.3 is 12.6 Å². The van der Waals surface area contributed by atoms with Crippen LogP contribution in [0.2, 0.25) is 0 Å². The van der Waals surface area contributed by atoms with E-state index >= 15 is 0 Å². The van der Waals surface area contributed by atoms with E-state index in [0.29, 0.717) is 23.4 Å². The van der Waals surface area contributed by atoms with Crippen LogP contribution in [0.3, 0.4) is 0 Å². The van der Waals surface area contributed by atoms with Crippen molar-refractivity contribution in [2.75, 3.05) is 20.3 Å². The summed E-state index contributed by atoms with van der Waals surface area (Å²) in [6, 6.07) is 10.4. The van der Waals surface area contributed by atoms with Crippen molar-refractivity contribution >= 4 is 11.9 Å². The van der Waals surface area contributed by atoms with Crippen LogP contribution in [0.5, 0.6) is 17.2 Å². The van der Waals surface area contributed by atoms with Crippen LogP contribution < -0.4 is 19.5 Å². The first-order chi connectivity index (χ1) is 13.9. The van der Waals surface area contributed by atoms with Gasteiger partial charge in [-0.05, 0) is 48.9 Å². The zero-order valence-electron chi connectivity index (χ0n) is 15.9. The number of nitrogens with one attached hydrogen (secondary N) is 1. The second kappa shape index (κ2) is 10.8. The highest BCUT2D eigenvalue weighted by atomic mass is 19.3. The highest BCUT2D eigenvalue weighted by Gasteiger charge is 2.13. The summed E-state index contributed by atoms with van der Waals surface area (Å²) in [6.07, 6.45) is 0. The molecule has 0 bridgehead atoms. The first-order valence-corrected chi connectivity index (χ1v) is 8.71. The van der Waals surface area contributed by atoms with Gasteiger partial charge in [0.15, 0.2) is 18.1 Å². The quantitative estimate of drug-likeness (QED) is 0.607. The minimum absolute atomic E-state index is 0.0837. The Labute approximate surface area is 166 Å². The predicted molar refractivity (Wildman–Crippen MR) is 99.4 cm³/mol. The van der Waals surface area contributed by atoms with Gasteiger partial charge in [0, 0.05) is 6.54 Å². The number of likely N-dealkylation sites (N-methyl/N-ethyl adjacent to an activating group) is 1. The van der Waals surface area contributed by atoms with E-state index < -0.39 is 12.6 Å². The molecule has 0 fully saturated rings. The van der Waals surface area contributed by atoms with E-state index in [0.717, 1.165) is 0 Å². The SMILES string of the molecule is CCNC(=O)COc1ccc(C(=O)OCc2ccc(OC(F)F)c(OC)c2)cc1. The van der Waals surface area contributed by atoms with E-state index in [4.69, 9.17) is 14.2 Å². The molecule has 0 saturated carbocycles. The van der Waals surface area contributed by atoms with E-state index in [-0.39, 0.29) is 30.6 Å². The molecule has 0 aliphatic heterocycles. The second-order valence-electron chi connectivity index (χ2n) is 5.71. The summed E-state index contributed by atoms with van der Waals surface area (Å²) in [5.41, 5.74) is 0.832. The Balaban J connectivity index is 1.91. The smallest absolute Gasteiger partial charge is 0.387 e. The van der Waals surface area contributed by atoms with Crippen LogP contribution in [0.4, 0.5) is 8.78 Å². The standard InChI is InChI=1S/C20H21F2NO6/c1-3-23-18(24)12-27-15-7-5-14(6-8-15)19(25)28-11-13-4-9-16(29-20(21)22)17(10-13)26-2/h4-10,20H,3,11-12H2,1-2H3,(H,23,24). The Morgan fingerprint density at radius 2 is 1.79 bits per heavy atom. The van der Waals surface area contributed by atoms with Crippen molar-refractivity contribution in [3.8, 4) is 17.2 Å². The summed E-state index contributed by atoms with van der Waals surface area (Å²) in [6.45, 7) is -0.856. The van der Waals surface area contributed by atoms with Gasteiger partial charge in [-0.1, -0.05) is 6.07 Å². The van der Waals surface area contributed by atoms with Crippen LogP contribution >= 0.6 is 0 Å². The highest BCUT2D eigenvalue weighted by molar-refractivity contribution is 5.89. The highest BCUT2D eigenvalue weighted by Crippen LogP contribution is 2.29. The molecule has 0 atom stereocenters. The van der Waals surface area contributed by atoms with E-state index in [1.54, 1.807) is 19.1 Å². The number of ether oxygens (including phenoxy) is 4. The molecule has 1 amide bonds. The molecule has 1 N–H and O–H groups in total. The van der Waals surface area contributed by atoms with Gasteiger partial charge in [0.25, 0.3) is 5.91 Å². The number of benzene rings is 2. The molecular weight excluding hydrogens is 388 g/mol. The first kappa shape index (κ1) is 21.9. The minimum atomic E-state index is -2.97. The maximum Gasteiger partial charge on any atom is 0.387 e.